The van der Waals surface area contributed by atoms with Crippen molar-refractivity contribution in [2.75, 3.05) is 0 Å². The maximum Gasteiger partial charge on any atom is 0.247 e. The minimum Gasteiger partial charge on any atom is -0.420 e. The van der Waals surface area contributed by atoms with Crippen LogP contribution in [0.5, 0.6) is 0 Å². The topological polar surface area (TPSA) is 82.5 Å². The van der Waals surface area contributed by atoms with E-state index in [4.69, 9.17) is 16.0 Å². The normalized spacial score (nSPS) is 11.3. The second-order valence-electron chi connectivity index (χ2n) is 6.42. The fraction of sp³-hybridized carbons (Fsp3) is 0.211. The molecular formula is C19H17ClN6OS. The Kier molecular flexibility index (Phi) is 5.40. The minimum absolute atomic E-state index is 0.455. The molecule has 7 nitrogen and oxygen atoms in total. The molecule has 0 unspecified atom stereocenters. The van der Waals surface area contributed by atoms with Crippen molar-refractivity contribution in [1.82, 2.24) is 30.4 Å². The minimum atomic E-state index is 0.455. The quantitative estimate of drug-likeness (QED) is 0.421. The lowest BCUT2D eigenvalue weighted by atomic mass is 10.0. The molecule has 0 radical (unpaired) electrons. The maximum atomic E-state index is 5.91. The van der Waals surface area contributed by atoms with Gasteiger partial charge in [-0.2, -0.15) is 4.68 Å². The predicted molar refractivity (Wildman–Crippen MR) is 108 cm³/mol. The van der Waals surface area contributed by atoms with Crippen LogP contribution in [0.2, 0.25) is 5.02 Å². The highest BCUT2D eigenvalue weighted by atomic mass is 35.5. The molecule has 0 aliphatic carbocycles. The van der Waals surface area contributed by atoms with Crippen LogP contribution in [0.25, 0.3) is 17.1 Å². The van der Waals surface area contributed by atoms with Crippen molar-refractivity contribution in [2.24, 2.45) is 0 Å². The van der Waals surface area contributed by atoms with Gasteiger partial charge in [0, 0.05) is 10.6 Å². The molecule has 0 saturated carbocycles. The lowest BCUT2D eigenvalue weighted by molar-refractivity contribution is 0.528. The zero-order valence-electron chi connectivity index (χ0n) is 15.3. The van der Waals surface area contributed by atoms with Gasteiger partial charge in [-0.25, -0.2) is 0 Å². The summed E-state index contributed by atoms with van der Waals surface area (Å²) in [6.45, 7) is 4.33. The molecule has 0 fully saturated rings. The Labute approximate surface area is 171 Å². The summed E-state index contributed by atoms with van der Waals surface area (Å²) < 4.78 is 7.43. The smallest absolute Gasteiger partial charge is 0.247 e. The van der Waals surface area contributed by atoms with E-state index in [0.717, 1.165) is 11.3 Å². The van der Waals surface area contributed by atoms with Crippen LogP contribution in [0.1, 0.15) is 31.2 Å². The number of tetrazole rings is 1. The van der Waals surface area contributed by atoms with Gasteiger partial charge in [0.05, 0.1) is 11.4 Å². The summed E-state index contributed by atoms with van der Waals surface area (Å²) in [7, 11) is 0. The summed E-state index contributed by atoms with van der Waals surface area (Å²) in [6.07, 6.45) is 0. The van der Waals surface area contributed by atoms with E-state index < -0.39 is 0 Å². The Morgan fingerprint density at radius 2 is 1.75 bits per heavy atom. The monoisotopic (exact) mass is 412 g/mol. The molecule has 0 saturated heterocycles. The van der Waals surface area contributed by atoms with Gasteiger partial charge in [0.2, 0.25) is 16.9 Å². The van der Waals surface area contributed by atoms with Crippen LogP contribution in [0.3, 0.4) is 0 Å². The number of benzene rings is 2. The van der Waals surface area contributed by atoms with Gasteiger partial charge >= 0.3 is 0 Å². The molecule has 0 spiro atoms. The van der Waals surface area contributed by atoms with E-state index in [1.807, 2.05) is 24.3 Å². The summed E-state index contributed by atoms with van der Waals surface area (Å²) in [5, 5.41) is 21.5. The second kappa shape index (κ2) is 8.12. The molecule has 28 heavy (non-hydrogen) atoms. The van der Waals surface area contributed by atoms with Crippen molar-refractivity contribution in [3.63, 3.8) is 0 Å². The predicted octanol–water partition coefficient (Wildman–Crippen LogP) is 4.78. The molecule has 2 aromatic carbocycles. The Morgan fingerprint density at radius 1 is 1.00 bits per heavy atom. The van der Waals surface area contributed by atoms with Gasteiger partial charge < -0.3 is 4.42 Å². The largest absolute Gasteiger partial charge is 0.420 e. The van der Waals surface area contributed by atoms with Gasteiger partial charge in [0.1, 0.15) is 0 Å². The van der Waals surface area contributed by atoms with E-state index >= 15 is 0 Å². The molecule has 0 aliphatic rings. The van der Waals surface area contributed by atoms with Crippen LogP contribution in [-0.2, 0) is 5.75 Å². The average molecular weight is 413 g/mol. The summed E-state index contributed by atoms with van der Waals surface area (Å²) in [4.78, 5) is 0. The molecular weight excluding hydrogens is 396 g/mol. The highest BCUT2D eigenvalue weighted by Crippen LogP contribution is 2.25. The van der Waals surface area contributed by atoms with E-state index in [0.29, 0.717) is 33.6 Å². The standard InChI is InChI=1S/C19H17ClN6OS/c1-12(2)13-5-9-16(10-6-13)26-19(23-24-25-26)28-11-17-21-22-18(27-17)14-3-7-15(20)8-4-14/h3-10,12H,11H2,1-2H3. The first-order chi connectivity index (χ1) is 13.6. The van der Waals surface area contributed by atoms with Crippen molar-refractivity contribution in [2.45, 2.75) is 30.7 Å². The maximum absolute atomic E-state index is 5.91. The van der Waals surface area contributed by atoms with Crippen molar-refractivity contribution >= 4 is 23.4 Å². The lowest BCUT2D eigenvalue weighted by Gasteiger charge is -2.07. The number of rotatable bonds is 6. The van der Waals surface area contributed by atoms with Gasteiger partial charge in [-0.1, -0.05) is 49.3 Å². The van der Waals surface area contributed by atoms with Crippen LogP contribution >= 0.6 is 23.4 Å². The molecule has 0 aliphatic heterocycles. The zero-order valence-corrected chi connectivity index (χ0v) is 16.9. The van der Waals surface area contributed by atoms with E-state index in [1.165, 1.54) is 17.3 Å². The molecule has 4 aromatic rings. The van der Waals surface area contributed by atoms with Crippen LogP contribution in [0.4, 0.5) is 0 Å². The number of thioether (sulfide) groups is 1. The molecule has 142 valence electrons. The number of hydrogen-bond donors (Lipinski definition) is 0. The Balaban J connectivity index is 1.46. The summed E-state index contributed by atoms with van der Waals surface area (Å²) in [5.41, 5.74) is 3.00. The van der Waals surface area contributed by atoms with Crippen LogP contribution in [0, 0.1) is 0 Å². The molecule has 0 bridgehead atoms. The van der Waals surface area contributed by atoms with Crippen LogP contribution in [-0.4, -0.2) is 30.4 Å². The first kappa shape index (κ1) is 18.6. The van der Waals surface area contributed by atoms with Gasteiger partial charge in [-0.15, -0.1) is 15.3 Å². The molecule has 2 heterocycles. The van der Waals surface area contributed by atoms with Gasteiger partial charge in [-0.3, -0.25) is 0 Å². The van der Waals surface area contributed by atoms with E-state index in [-0.39, 0.29) is 0 Å². The molecule has 2 aromatic heterocycles. The fourth-order valence-corrected chi connectivity index (χ4v) is 3.43. The molecule has 9 heteroatoms. The highest BCUT2D eigenvalue weighted by molar-refractivity contribution is 7.98. The van der Waals surface area contributed by atoms with Crippen molar-refractivity contribution < 1.29 is 4.42 Å². The van der Waals surface area contributed by atoms with Gasteiger partial charge in [0.25, 0.3) is 0 Å². The first-order valence-corrected chi connectivity index (χ1v) is 10.1. The van der Waals surface area contributed by atoms with Crippen molar-refractivity contribution in [1.29, 1.82) is 0 Å². The molecule has 4 rings (SSSR count). The third-order valence-electron chi connectivity index (χ3n) is 4.13. The first-order valence-electron chi connectivity index (χ1n) is 8.70. The van der Waals surface area contributed by atoms with Crippen LogP contribution < -0.4 is 0 Å². The van der Waals surface area contributed by atoms with Gasteiger partial charge in [0.15, 0.2) is 0 Å². The van der Waals surface area contributed by atoms with Crippen LogP contribution in [0.15, 0.2) is 58.1 Å². The molecule has 0 N–H and O–H groups in total. The Bertz CT molecular complexity index is 1060. The van der Waals surface area contributed by atoms with E-state index in [2.05, 4.69) is 51.7 Å². The lowest BCUT2D eigenvalue weighted by Crippen LogP contribution is -2.00. The zero-order chi connectivity index (χ0) is 19.5. The second-order valence-corrected chi connectivity index (χ2v) is 7.79. The van der Waals surface area contributed by atoms with Crippen molar-refractivity contribution in [3.8, 4) is 17.1 Å². The third kappa shape index (κ3) is 4.07. The highest BCUT2D eigenvalue weighted by Gasteiger charge is 2.13. The number of halogens is 1. The molecule has 0 amide bonds. The number of aromatic nitrogens is 6. The average Bonchev–Trinajstić information content (AvgIpc) is 3.36. The molecule has 0 atom stereocenters. The summed E-state index contributed by atoms with van der Waals surface area (Å²) >= 11 is 7.34. The third-order valence-corrected chi connectivity index (χ3v) is 5.28. The number of hydrogen-bond acceptors (Lipinski definition) is 7. The Morgan fingerprint density at radius 3 is 2.46 bits per heavy atom. The van der Waals surface area contributed by atoms with Gasteiger partial charge in [-0.05, 0) is 58.3 Å². The SMILES string of the molecule is CC(C)c1ccc(-n2nnnc2SCc2nnc(-c3ccc(Cl)cc3)o2)cc1. The summed E-state index contributed by atoms with van der Waals surface area (Å²) in [6, 6.07) is 15.5. The summed E-state index contributed by atoms with van der Waals surface area (Å²) in [5.74, 6) is 1.89. The van der Waals surface area contributed by atoms with E-state index in [9.17, 15) is 0 Å². The fourth-order valence-electron chi connectivity index (χ4n) is 2.58. The Hall–Kier alpha value is -2.71. The van der Waals surface area contributed by atoms with Crippen molar-refractivity contribution in [3.05, 3.63) is 65.0 Å². The van der Waals surface area contributed by atoms with E-state index in [1.54, 1.807) is 16.8 Å². The number of nitrogens with zero attached hydrogens (tertiary/aromatic N) is 6.